The Bertz CT molecular complexity index is 742. The van der Waals surface area contributed by atoms with Crippen LogP contribution >= 0.6 is 0 Å². The first-order valence-electron chi connectivity index (χ1n) is 7.41. The quantitative estimate of drug-likeness (QED) is 0.762. The molecule has 0 aromatic carbocycles. The minimum Gasteiger partial charge on any atom is -0.467 e. The summed E-state index contributed by atoms with van der Waals surface area (Å²) in [6, 6.07) is -0.569. The molecule has 0 amide bonds. The van der Waals surface area contributed by atoms with Crippen molar-refractivity contribution in [3.8, 4) is 0 Å². The topological polar surface area (TPSA) is 83.9 Å². The monoisotopic (exact) mass is 305 g/mol. The number of imidazole rings is 1. The van der Waals surface area contributed by atoms with Crippen molar-refractivity contribution in [3.05, 3.63) is 34.5 Å². The molecule has 0 saturated heterocycles. The van der Waals surface area contributed by atoms with Crippen molar-refractivity contribution in [3.63, 3.8) is 0 Å². The summed E-state index contributed by atoms with van der Waals surface area (Å²) in [6.45, 7) is 3.09. The molecule has 8 heteroatoms. The molecule has 1 unspecified atom stereocenters. The molecule has 8 nitrogen and oxygen atoms in total. The summed E-state index contributed by atoms with van der Waals surface area (Å²) in [5, 5.41) is 4.37. The smallest absolute Gasteiger partial charge is 0.347 e. The molecule has 0 N–H and O–H groups in total. The average molecular weight is 305 g/mol. The van der Waals surface area contributed by atoms with Gasteiger partial charge in [0.1, 0.15) is 24.2 Å². The van der Waals surface area contributed by atoms with Crippen molar-refractivity contribution in [2.24, 2.45) is 0 Å². The Morgan fingerprint density at radius 3 is 3.05 bits per heavy atom. The van der Waals surface area contributed by atoms with Gasteiger partial charge in [0.05, 0.1) is 7.11 Å². The molecular weight excluding hydrogens is 286 g/mol. The summed E-state index contributed by atoms with van der Waals surface area (Å²) in [7, 11) is 1.34. The maximum Gasteiger partial charge on any atom is 0.347 e. The van der Waals surface area contributed by atoms with Gasteiger partial charge in [-0.1, -0.05) is 0 Å². The molecule has 0 radical (unpaired) electrons. The summed E-state index contributed by atoms with van der Waals surface area (Å²) in [6.07, 6.45) is 5.69. The number of rotatable bonds is 4. The van der Waals surface area contributed by atoms with Crippen molar-refractivity contribution in [2.75, 3.05) is 7.11 Å². The lowest BCUT2D eigenvalue weighted by molar-refractivity contribution is -0.145. The zero-order chi connectivity index (χ0) is 15.7. The number of ether oxygens (including phenoxy) is 1. The van der Waals surface area contributed by atoms with Crippen LogP contribution in [0.25, 0.3) is 0 Å². The van der Waals surface area contributed by atoms with E-state index in [1.807, 2.05) is 17.7 Å². The van der Waals surface area contributed by atoms with Gasteiger partial charge in [-0.2, -0.15) is 5.10 Å². The molecule has 2 aromatic rings. The maximum atomic E-state index is 12.6. The summed E-state index contributed by atoms with van der Waals surface area (Å²) in [5.41, 5.74) is -0.282. The van der Waals surface area contributed by atoms with Gasteiger partial charge in [-0.3, -0.25) is 4.57 Å². The molecule has 2 aromatic heterocycles. The van der Waals surface area contributed by atoms with Crippen molar-refractivity contribution in [2.45, 2.75) is 45.3 Å². The number of hydrogen-bond acceptors (Lipinski definition) is 5. The third-order valence-corrected chi connectivity index (χ3v) is 4.04. The summed E-state index contributed by atoms with van der Waals surface area (Å²) < 4.78 is 9.61. The molecule has 3 heterocycles. The van der Waals surface area contributed by atoms with Crippen LogP contribution < -0.4 is 5.69 Å². The number of methoxy groups -OCH3 is 1. The van der Waals surface area contributed by atoms with E-state index in [2.05, 4.69) is 10.1 Å². The molecule has 0 bridgehead atoms. The Hall–Kier alpha value is -2.38. The molecule has 0 aliphatic carbocycles. The molecule has 0 saturated carbocycles. The Balaban J connectivity index is 1.97. The first-order valence-corrected chi connectivity index (χ1v) is 7.41. The fourth-order valence-corrected chi connectivity index (χ4v) is 2.91. The fraction of sp³-hybridized carbons (Fsp3) is 0.571. The lowest BCUT2D eigenvalue weighted by Gasteiger charge is -2.20. The second kappa shape index (κ2) is 5.78. The first kappa shape index (κ1) is 14.6. The minimum absolute atomic E-state index is 0.282. The highest BCUT2D eigenvalue weighted by molar-refractivity contribution is 5.74. The number of esters is 1. The van der Waals surface area contributed by atoms with Crippen LogP contribution in [0.4, 0.5) is 0 Å². The van der Waals surface area contributed by atoms with Gasteiger partial charge >= 0.3 is 11.7 Å². The van der Waals surface area contributed by atoms with Gasteiger partial charge in [0.25, 0.3) is 0 Å². The number of carbonyl (C=O) groups excluding carboxylic acids is 1. The van der Waals surface area contributed by atoms with Gasteiger partial charge in [-0.05, 0) is 19.8 Å². The minimum atomic E-state index is -0.569. The van der Waals surface area contributed by atoms with Crippen LogP contribution in [0.15, 0.2) is 17.2 Å². The van der Waals surface area contributed by atoms with Crippen LogP contribution in [0, 0.1) is 0 Å². The van der Waals surface area contributed by atoms with E-state index in [4.69, 9.17) is 4.74 Å². The van der Waals surface area contributed by atoms with Gasteiger partial charge in [-0.15, -0.1) is 0 Å². The molecule has 3 rings (SSSR count). The molecule has 1 atom stereocenters. The van der Waals surface area contributed by atoms with E-state index in [0.717, 1.165) is 18.8 Å². The van der Waals surface area contributed by atoms with Crippen molar-refractivity contribution in [1.29, 1.82) is 0 Å². The Morgan fingerprint density at radius 1 is 1.50 bits per heavy atom. The van der Waals surface area contributed by atoms with E-state index < -0.39 is 12.0 Å². The number of aromatic nitrogens is 5. The summed E-state index contributed by atoms with van der Waals surface area (Å²) in [4.78, 5) is 28.7. The van der Waals surface area contributed by atoms with E-state index in [9.17, 15) is 9.59 Å². The highest BCUT2D eigenvalue weighted by Gasteiger charge is 2.31. The van der Waals surface area contributed by atoms with E-state index in [1.54, 1.807) is 6.20 Å². The number of fused-ring (bicyclic) bond motifs is 1. The highest BCUT2D eigenvalue weighted by atomic mass is 16.5. The molecular formula is C14H19N5O3. The normalized spacial score (nSPS) is 17.3. The van der Waals surface area contributed by atoms with Gasteiger partial charge in [0.2, 0.25) is 0 Å². The first-order chi connectivity index (χ1) is 10.7. The predicted molar refractivity (Wildman–Crippen MR) is 77.5 cm³/mol. The average Bonchev–Trinajstić information content (AvgIpc) is 3.11. The number of aryl methyl sites for hydroxylation is 2. The Kier molecular flexibility index (Phi) is 3.82. The summed E-state index contributed by atoms with van der Waals surface area (Å²) in [5.74, 6) is 1.02. The zero-order valence-electron chi connectivity index (χ0n) is 12.7. The van der Waals surface area contributed by atoms with Crippen molar-refractivity contribution >= 4 is 5.97 Å². The van der Waals surface area contributed by atoms with Crippen LogP contribution in [0.5, 0.6) is 0 Å². The zero-order valence-corrected chi connectivity index (χ0v) is 12.7. The molecule has 118 valence electrons. The largest absolute Gasteiger partial charge is 0.467 e. The predicted octanol–water partition coefficient (Wildman–Crippen LogP) is 0.360. The second-order valence-electron chi connectivity index (χ2n) is 5.29. The van der Waals surface area contributed by atoms with Crippen molar-refractivity contribution < 1.29 is 9.53 Å². The van der Waals surface area contributed by atoms with Gasteiger partial charge in [-0.25, -0.2) is 19.3 Å². The lowest BCUT2D eigenvalue weighted by atomic mass is 10.1. The SMILES string of the molecule is CCn1ccnc1Cn1nc2n(c1=O)C(C(=O)OC)CCC2. The third-order valence-electron chi connectivity index (χ3n) is 4.04. The Labute approximate surface area is 127 Å². The number of carbonyl (C=O) groups is 1. The van der Waals surface area contributed by atoms with Crippen LogP contribution in [-0.2, 0) is 29.0 Å². The molecule has 0 fully saturated rings. The highest BCUT2D eigenvalue weighted by Crippen LogP contribution is 2.22. The van der Waals surface area contributed by atoms with E-state index >= 15 is 0 Å². The fourth-order valence-electron chi connectivity index (χ4n) is 2.91. The molecule has 1 aliphatic rings. The van der Waals surface area contributed by atoms with Gasteiger partial charge < -0.3 is 9.30 Å². The van der Waals surface area contributed by atoms with E-state index in [0.29, 0.717) is 25.2 Å². The van der Waals surface area contributed by atoms with Crippen LogP contribution in [0.1, 0.15) is 37.5 Å². The van der Waals surface area contributed by atoms with Crippen molar-refractivity contribution in [1.82, 2.24) is 23.9 Å². The lowest BCUT2D eigenvalue weighted by Crippen LogP contribution is -2.35. The summed E-state index contributed by atoms with van der Waals surface area (Å²) >= 11 is 0. The van der Waals surface area contributed by atoms with Gasteiger partial charge in [0.15, 0.2) is 0 Å². The third kappa shape index (κ3) is 2.34. The van der Waals surface area contributed by atoms with E-state index in [-0.39, 0.29) is 5.69 Å². The Morgan fingerprint density at radius 2 is 2.32 bits per heavy atom. The molecule has 1 aliphatic heterocycles. The number of hydrogen-bond donors (Lipinski definition) is 0. The van der Waals surface area contributed by atoms with E-state index in [1.165, 1.54) is 16.4 Å². The molecule has 0 spiro atoms. The number of nitrogens with zero attached hydrogens (tertiary/aromatic N) is 5. The molecule has 22 heavy (non-hydrogen) atoms. The second-order valence-corrected chi connectivity index (χ2v) is 5.29. The van der Waals surface area contributed by atoms with Crippen LogP contribution in [0.2, 0.25) is 0 Å². The van der Waals surface area contributed by atoms with Gasteiger partial charge in [0, 0.05) is 25.4 Å². The maximum absolute atomic E-state index is 12.6. The standard InChI is InChI=1S/C14H19N5O3/c1-3-17-8-7-15-12(17)9-18-14(21)19-10(13(20)22-2)5-4-6-11(19)16-18/h7-8,10H,3-6,9H2,1-2H3. The van der Waals surface area contributed by atoms with Crippen LogP contribution in [-0.4, -0.2) is 37.0 Å². The van der Waals surface area contributed by atoms with Crippen LogP contribution in [0.3, 0.4) is 0 Å².